The maximum atomic E-state index is 12.1. The van der Waals surface area contributed by atoms with E-state index in [2.05, 4.69) is 51.4 Å². The molecule has 1 aromatic heterocycles. The third kappa shape index (κ3) is 3.72. The molecule has 0 fully saturated rings. The van der Waals surface area contributed by atoms with E-state index in [1.807, 2.05) is 0 Å². The molecule has 0 radical (unpaired) electrons. The minimum atomic E-state index is -0.114. The van der Waals surface area contributed by atoms with Gasteiger partial charge in [-0.05, 0) is 54.0 Å². The van der Waals surface area contributed by atoms with Crippen LogP contribution in [0, 0.1) is 0 Å². The van der Waals surface area contributed by atoms with Gasteiger partial charge in [0.2, 0.25) is 0 Å². The summed E-state index contributed by atoms with van der Waals surface area (Å²) in [6.45, 7) is 4.81. The summed E-state index contributed by atoms with van der Waals surface area (Å²) in [7, 11) is 0. The lowest BCUT2D eigenvalue weighted by molar-refractivity contribution is 0.0948. The molecule has 4 nitrogen and oxygen atoms in total. The Hall–Kier alpha value is -1.10. The number of rotatable bonds is 5. The normalized spacial score (nSPS) is 15.3. The van der Waals surface area contributed by atoms with Crippen LogP contribution < -0.4 is 5.32 Å². The first-order valence-corrected chi connectivity index (χ1v) is 8.08. The van der Waals surface area contributed by atoms with Crippen molar-refractivity contribution in [1.29, 1.82) is 0 Å². The van der Waals surface area contributed by atoms with Gasteiger partial charge in [-0.1, -0.05) is 25.5 Å². The van der Waals surface area contributed by atoms with Crippen molar-refractivity contribution in [3.05, 3.63) is 27.5 Å². The van der Waals surface area contributed by atoms with Gasteiger partial charge in [0.15, 0.2) is 5.69 Å². The molecule has 0 saturated carbocycles. The lowest BCUT2D eigenvalue weighted by Gasteiger charge is -2.12. The van der Waals surface area contributed by atoms with Gasteiger partial charge in [-0.25, -0.2) is 0 Å². The first-order valence-electron chi connectivity index (χ1n) is 7.29. The highest BCUT2D eigenvalue weighted by Gasteiger charge is 2.18. The SMILES string of the molecule is CC(C)c1[nH]nc(C(=O)NCCC2=CCCCC2)c1Br. The number of hydrogen-bond donors (Lipinski definition) is 2. The van der Waals surface area contributed by atoms with Crippen LogP contribution in [0.5, 0.6) is 0 Å². The summed E-state index contributed by atoms with van der Waals surface area (Å²) in [6.07, 6.45) is 8.21. The Bertz CT molecular complexity index is 505. The second-order valence-electron chi connectivity index (χ2n) is 5.57. The molecule has 2 rings (SSSR count). The zero-order valence-electron chi connectivity index (χ0n) is 12.1. The Kier molecular flexibility index (Phi) is 5.40. The molecule has 0 saturated heterocycles. The first kappa shape index (κ1) is 15.3. The number of aromatic nitrogens is 2. The molecule has 0 aromatic carbocycles. The molecule has 0 aliphatic heterocycles. The molecule has 0 unspecified atom stereocenters. The maximum Gasteiger partial charge on any atom is 0.272 e. The fourth-order valence-electron chi connectivity index (χ4n) is 2.43. The van der Waals surface area contributed by atoms with E-state index in [1.54, 1.807) is 0 Å². The summed E-state index contributed by atoms with van der Waals surface area (Å²) in [6, 6.07) is 0. The van der Waals surface area contributed by atoms with Crippen LogP contribution in [0.4, 0.5) is 0 Å². The number of H-pyrrole nitrogens is 1. The summed E-state index contributed by atoms with van der Waals surface area (Å²) in [5.41, 5.74) is 2.89. The van der Waals surface area contributed by atoms with Crippen LogP contribution in [0.2, 0.25) is 0 Å². The second kappa shape index (κ2) is 7.07. The van der Waals surface area contributed by atoms with Crippen LogP contribution >= 0.6 is 15.9 Å². The number of nitrogens with zero attached hydrogens (tertiary/aromatic N) is 1. The van der Waals surface area contributed by atoms with E-state index >= 15 is 0 Å². The van der Waals surface area contributed by atoms with Crippen molar-refractivity contribution in [1.82, 2.24) is 15.5 Å². The van der Waals surface area contributed by atoms with Crippen LogP contribution in [0.1, 0.15) is 68.1 Å². The van der Waals surface area contributed by atoms with Gasteiger partial charge in [0.1, 0.15) is 0 Å². The highest BCUT2D eigenvalue weighted by Crippen LogP contribution is 2.25. The van der Waals surface area contributed by atoms with Crippen molar-refractivity contribution in [2.24, 2.45) is 0 Å². The molecule has 5 heteroatoms. The average molecular weight is 340 g/mol. The van der Waals surface area contributed by atoms with Gasteiger partial charge in [-0.3, -0.25) is 9.89 Å². The van der Waals surface area contributed by atoms with E-state index < -0.39 is 0 Å². The minimum absolute atomic E-state index is 0.114. The Morgan fingerprint density at radius 2 is 2.30 bits per heavy atom. The first-order chi connectivity index (χ1) is 9.59. The van der Waals surface area contributed by atoms with Gasteiger partial charge in [0, 0.05) is 6.54 Å². The summed E-state index contributed by atoms with van der Waals surface area (Å²) < 4.78 is 0.780. The molecule has 20 heavy (non-hydrogen) atoms. The molecular weight excluding hydrogens is 318 g/mol. The zero-order valence-corrected chi connectivity index (χ0v) is 13.7. The van der Waals surface area contributed by atoms with E-state index in [9.17, 15) is 4.79 Å². The third-order valence-corrected chi connectivity index (χ3v) is 4.44. The number of carbonyl (C=O) groups is 1. The topological polar surface area (TPSA) is 57.8 Å². The number of allylic oxidation sites excluding steroid dienone is 1. The highest BCUT2D eigenvalue weighted by atomic mass is 79.9. The smallest absolute Gasteiger partial charge is 0.272 e. The predicted molar refractivity (Wildman–Crippen MR) is 83.9 cm³/mol. The van der Waals surface area contributed by atoms with E-state index in [1.165, 1.54) is 31.3 Å². The Labute approximate surface area is 128 Å². The van der Waals surface area contributed by atoms with E-state index in [0.29, 0.717) is 18.2 Å². The number of amides is 1. The fraction of sp³-hybridized carbons (Fsp3) is 0.600. The van der Waals surface area contributed by atoms with E-state index in [-0.39, 0.29) is 5.91 Å². The molecule has 0 atom stereocenters. The van der Waals surface area contributed by atoms with Crippen LogP contribution in [-0.4, -0.2) is 22.6 Å². The van der Waals surface area contributed by atoms with Crippen molar-refractivity contribution in [3.63, 3.8) is 0 Å². The van der Waals surface area contributed by atoms with Crippen LogP contribution in [0.15, 0.2) is 16.1 Å². The standard InChI is InChI=1S/C15H22BrN3O/c1-10(2)13-12(16)14(19-18-13)15(20)17-9-8-11-6-4-3-5-7-11/h6,10H,3-5,7-9H2,1-2H3,(H,17,20)(H,18,19). The highest BCUT2D eigenvalue weighted by molar-refractivity contribution is 9.10. The Balaban J connectivity index is 1.87. The number of aromatic amines is 1. The average Bonchev–Trinajstić information content (AvgIpc) is 2.82. The number of hydrogen-bond acceptors (Lipinski definition) is 2. The van der Waals surface area contributed by atoms with E-state index in [4.69, 9.17) is 0 Å². The second-order valence-corrected chi connectivity index (χ2v) is 6.36. The zero-order chi connectivity index (χ0) is 14.5. The number of nitrogens with one attached hydrogen (secondary N) is 2. The molecule has 0 spiro atoms. The number of carbonyl (C=O) groups excluding carboxylic acids is 1. The molecule has 1 aromatic rings. The van der Waals surface area contributed by atoms with Gasteiger partial charge in [0.25, 0.3) is 5.91 Å². The van der Waals surface area contributed by atoms with Crippen molar-refractivity contribution in [2.45, 2.75) is 51.9 Å². The Morgan fingerprint density at radius 3 is 2.90 bits per heavy atom. The van der Waals surface area contributed by atoms with Crippen molar-refractivity contribution in [3.8, 4) is 0 Å². The maximum absolute atomic E-state index is 12.1. The van der Waals surface area contributed by atoms with Crippen LogP contribution in [-0.2, 0) is 0 Å². The van der Waals surface area contributed by atoms with Crippen LogP contribution in [0.25, 0.3) is 0 Å². The largest absolute Gasteiger partial charge is 0.350 e. The molecule has 0 bridgehead atoms. The molecule has 1 amide bonds. The molecule has 1 aliphatic carbocycles. The van der Waals surface area contributed by atoms with Crippen molar-refractivity contribution in [2.75, 3.05) is 6.54 Å². The Morgan fingerprint density at radius 1 is 1.50 bits per heavy atom. The predicted octanol–water partition coefficient (Wildman–Crippen LogP) is 3.92. The van der Waals surface area contributed by atoms with Gasteiger partial charge >= 0.3 is 0 Å². The van der Waals surface area contributed by atoms with Gasteiger partial charge in [0.05, 0.1) is 10.2 Å². The summed E-state index contributed by atoms with van der Waals surface area (Å²) in [4.78, 5) is 12.1. The minimum Gasteiger partial charge on any atom is -0.350 e. The third-order valence-electron chi connectivity index (χ3n) is 3.64. The molecular formula is C15H22BrN3O. The molecule has 2 N–H and O–H groups in total. The van der Waals surface area contributed by atoms with Crippen molar-refractivity contribution < 1.29 is 4.79 Å². The van der Waals surface area contributed by atoms with Crippen molar-refractivity contribution >= 4 is 21.8 Å². The molecule has 1 aliphatic rings. The lowest BCUT2D eigenvalue weighted by Crippen LogP contribution is -2.25. The fourth-order valence-corrected chi connectivity index (χ4v) is 3.24. The monoisotopic (exact) mass is 339 g/mol. The molecule has 1 heterocycles. The quantitative estimate of drug-likeness (QED) is 0.799. The summed E-state index contributed by atoms with van der Waals surface area (Å²) in [5, 5.41) is 9.98. The van der Waals surface area contributed by atoms with Crippen LogP contribution in [0.3, 0.4) is 0 Å². The summed E-state index contributed by atoms with van der Waals surface area (Å²) >= 11 is 3.46. The summed E-state index contributed by atoms with van der Waals surface area (Å²) in [5.74, 6) is 0.197. The molecule has 110 valence electrons. The number of halogens is 1. The lowest BCUT2D eigenvalue weighted by atomic mass is 9.97. The van der Waals surface area contributed by atoms with Gasteiger partial charge in [-0.15, -0.1) is 0 Å². The van der Waals surface area contributed by atoms with Gasteiger partial charge in [-0.2, -0.15) is 5.10 Å². The van der Waals surface area contributed by atoms with Gasteiger partial charge < -0.3 is 5.32 Å². The van der Waals surface area contributed by atoms with E-state index in [0.717, 1.165) is 16.6 Å².